The molecule has 6 heteroatoms. The van der Waals surface area contributed by atoms with Crippen LogP contribution in [0, 0.1) is 5.82 Å². The Morgan fingerprint density at radius 1 is 1.11 bits per heavy atom. The molecule has 0 spiro atoms. The fourth-order valence-corrected chi connectivity index (χ4v) is 2.26. The first-order valence-corrected chi connectivity index (χ1v) is 5.56. The third-order valence-electron chi connectivity index (χ3n) is 3.10. The number of rotatable bonds is 1. The number of halogens is 5. The third kappa shape index (κ3) is 3.36. The molecule has 1 aromatic rings. The molecule has 2 rings (SSSR count). The Labute approximate surface area is 109 Å². The summed E-state index contributed by atoms with van der Waals surface area (Å²) in [4.78, 5) is 0. The fraction of sp³-hybridized carbons (Fsp3) is 0.500. The van der Waals surface area contributed by atoms with Crippen molar-refractivity contribution in [2.24, 2.45) is 0 Å². The molecule has 0 amide bonds. The van der Waals surface area contributed by atoms with Crippen LogP contribution in [0.15, 0.2) is 18.2 Å². The zero-order valence-corrected chi connectivity index (χ0v) is 10.4. The quantitative estimate of drug-likeness (QED) is 0.774. The van der Waals surface area contributed by atoms with E-state index in [4.69, 9.17) is 0 Å². The summed E-state index contributed by atoms with van der Waals surface area (Å²) < 4.78 is 51.5. The van der Waals surface area contributed by atoms with Crippen molar-refractivity contribution in [2.75, 3.05) is 13.1 Å². The Kier molecular flexibility index (Phi) is 4.99. The minimum atomic E-state index is -4.41. The van der Waals surface area contributed by atoms with Gasteiger partial charge in [-0.1, -0.05) is 0 Å². The van der Waals surface area contributed by atoms with Gasteiger partial charge < -0.3 is 5.32 Å². The van der Waals surface area contributed by atoms with Crippen molar-refractivity contribution in [2.45, 2.75) is 24.9 Å². The van der Waals surface area contributed by atoms with Crippen LogP contribution in [0.3, 0.4) is 0 Å². The van der Waals surface area contributed by atoms with Crippen LogP contribution in [0.5, 0.6) is 0 Å². The molecule has 1 aliphatic heterocycles. The van der Waals surface area contributed by atoms with Crippen molar-refractivity contribution < 1.29 is 17.6 Å². The highest BCUT2D eigenvalue weighted by Crippen LogP contribution is 2.38. The maximum atomic E-state index is 13.1. The van der Waals surface area contributed by atoms with Gasteiger partial charge in [-0.05, 0) is 55.6 Å². The van der Waals surface area contributed by atoms with Crippen molar-refractivity contribution in [3.8, 4) is 0 Å². The number of alkyl halides is 3. The summed E-state index contributed by atoms with van der Waals surface area (Å²) in [5.74, 6) is -0.810. The van der Waals surface area contributed by atoms with E-state index in [-0.39, 0.29) is 23.9 Å². The zero-order chi connectivity index (χ0) is 12.5. The smallest absolute Gasteiger partial charge is 0.317 e. The molecule has 0 atom stereocenters. The maximum Gasteiger partial charge on any atom is 0.416 e. The molecule has 1 N–H and O–H groups in total. The highest BCUT2D eigenvalue weighted by atomic mass is 35.5. The zero-order valence-electron chi connectivity index (χ0n) is 9.56. The molecule has 1 saturated heterocycles. The van der Waals surface area contributed by atoms with Crippen molar-refractivity contribution >= 4 is 12.4 Å². The standard InChI is InChI=1S/C12H13F4N.ClH/c13-9-1-2-11(12(14,15)16)10(7-9)8-3-5-17-6-4-8;/h1-2,7-8,17H,3-6H2;1H. The van der Waals surface area contributed by atoms with E-state index in [0.29, 0.717) is 25.9 Å². The minimum absolute atomic E-state index is 0. The predicted octanol–water partition coefficient (Wildman–Crippen LogP) is 3.73. The van der Waals surface area contributed by atoms with Crippen LogP contribution < -0.4 is 5.32 Å². The van der Waals surface area contributed by atoms with Gasteiger partial charge in [-0.2, -0.15) is 13.2 Å². The lowest BCUT2D eigenvalue weighted by Gasteiger charge is -2.25. The van der Waals surface area contributed by atoms with Gasteiger partial charge in [0.1, 0.15) is 5.82 Å². The molecule has 1 fully saturated rings. The molecule has 102 valence electrons. The van der Waals surface area contributed by atoms with Gasteiger partial charge in [0.2, 0.25) is 0 Å². The molecule has 0 aliphatic carbocycles. The first kappa shape index (κ1) is 15.2. The van der Waals surface area contributed by atoms with E-state index < -0.39 is 17.6 Å². The molecule has 1 aliphatic rings. The number of hydrogen-bond acceptors (Lipinski definition) is 1. The molecule has 0 unspecified atom stereocenters. The van der Waals surface area contributed by atoms with Crippen LogP contribution in [0.25, 0.3) is 0 Å². The third-order valence-corrected chi connectivity index (χ3v) is 3.10. The van der Waals surface area contributed by atoms with Crippen molar-refractivity contribution in [3.05, 3.63) is 35.1 Å². The molecule has 1 heterocycles. The Balaban J connectivity index is 0.00000162. The summed E-state index contributed by atoms with van der Waals surface area (Å²) in [6, 6.07) is 2.74. The Hall–Kier alpha value is -0.810. The van der Waals surface area contributed by atoms with Gasteiger partial charge in [-0.25, -0.2) is 4.39 Å². The second-order valence-corrected chi connectivity index (χ2v) is 4.25. The lowest BCUT2D eigenvalue weighted by molar-refractivity contribution is -0.138. The average Bonchev–Trinajstić information content (AvgIpc) is 2.28. The lowest BCUT2D eigenvalue weighted by atomic mass is 9.87. The van der Waals surface area contributed by atoms with E-state index in [1.165, 1.54) is 0 Å². The van der Waals surface area contributed by atoms with Crippen LogP contribution in [-0.2, 0) is 6.18 Å². The van der Waals surface area contributed by atoms with Gasteiger partial charge in [0.15, 0.2) is 0 Å². The molecular formula is C12H14ClF4N. The Bertz CT molecular complexity index is 400. The van der Waals surface area contributed by atoms with Gasteiger partial charge in [0, 0.05) is 0 Å². The monoisotopic (exact) mass is 283 g/mol. The summed E-state index contributed by atoms with van der Waals surface area (Å²) in [7, 11) is 0. The molecule has 1 aromatic carbocycles. The number of piperidine rings is 1. The van der Waals surface area contributed by atoms with Gasteiger partial charge in [0.05, 0.1) is 5.56 Å². The second kappa shape index (κ2) is 5.89. The Morgan fingerprint density at radius 2 is 1.72 bits per heavy atom. The number of benzene rings is 1. The maximum absolute atomic E-state index is 13.1. The minimum Gasteiger partial charge on any atom is -0.317 e. The molecule has 0 bridgehead atoms. The summed E-state index contributed by atoms with van der Waals surface area (Å²) in [5, 5.41) is 3.08. The molecule has 0 saturated carbocycles. The lowest BCUT2D eigenvalue weighted by Crippen LogP contribution is -2.28. The van der Waals surface area contributed by atoms with Gasteiger partial charge in [0.25, 0.3) is 0 Å². The van der Waals surface area contributed by atoms with E-state index in [1.54, 1.807) is 0 Å². The van der Waals surface area contributed by atoms with Crippen LogP contribution in [0.4, 0.5) is 17.6 Å². The first-order chi connectivity index (χ1) is 7.98. The van der Waals surface area contributed by atoms with E-state index in [0.717, 1.165) is 18.2 Å². The second-order valence-electron chi connectivity index (χ2n) is 4.25. The molecule has 0 aromatic heterocycles. The van der Waals surface area contributed by atoms with Crippen molar-refractivity contribution in [3.63, 3.8) is 0 Å². The molecule has 1 nitrogen and oxygen atoms in total. The van der Waals surface area contributed by atoms with Crippen molar-refractivity contribution in [1.82, 2.24) is 5.32 Å². The van der Waals surface area contributed by atoms with E-state index in [2.05, 4.69) is 5.32 Å². The van der Waals surface area contributed by atoms with Gasteiger partial charge in [-0.15, -0.1) is 12.4 Å². The first-order valence-electron chi connectivity index (χ1n) is 5.56. The van der Waals surface area contributed by atoms with Gasteiger partial charge in [-0.3, -0.25) is 0 Å². The van der Waals surface area contributed by atoms with Crippen LogP contribution in [0.2, 0.25) is 0 Å². The fourth-order valence-electron chi connectivity index (χ4n) is 2.26. The predicted molar refractivity (Wildman–Crippen MR) is 63.5 cm³/mol. The highest BCUT2D eigenvalue weighted by molar-refractivity contribution is 5.85. The number of hydrogen-bond donors (Lipinski definition) is 1. The Morgan fingerprint density at radius 3 is 2.28 bits per heavy atom. The number of nitrogens with one attached hydrogen (secondary N) is 1. The molecule has 18 heavy (non-hydrogen) atoms. The van der Waals surface area contributed by atoms with Crippen LogP contribution in [0.1, 0.15) is 29.9 Å². The van der Waals surface area contributed by atoms with Crippen LogP contribution >= 0.6 is 12.4 Å². The summed E-state index contributed by atoms with van der Waals surface area (Å²) in [5.41, 5.74) is -0.607. The summed E-state index contributed by atoms with van der Waals surface area (Å²) in [6.07, 6.45) is -3.17. The largest absolute Gasteiger partial charge is 0.416 e. The van der Waals surface area contributed by atoms with Gasteiger partial charge >= 0.3 is 6.18 Å². The van der Waals surface area contributed by atoms with E-state index >= 15 is 0 Å². The summed E-state index contributed by atoms with van der Waals surface area (Å²) >= 11 is 0. The normalized spacial score (nSPS) is 17.3. The SMILES string of the molecule is Cl.Fc1ccc(C(F)(F)F)c(C2CCNCC2)c1. The van der Waals surface area contributed by atoms with Crippen molar-refractivity contribution in [1.29, 1.82) is 0 Å². The van der Waals surface area contributed by atoms with Crippen LogP contribution in [-0.4, -0.2) is 13.1 Å². The van der Waals surface area contributed by atoms with E-state index in [9.17, 15) is 17.6 Å². The highest BCUT2D eigenvalue weighted by Gasteiger charge is 2.35. The van der Waals surface area contributed by atoms with E-state index in [1.807, 2.05) is 0 Å². The summed E-state index contributed by atoms with van der Waals surface area (Å²) in [6.45, 7) is 1.36. The molecular weight excluding hydrogens is 270 g/mol. The average molecular weight is 284 g/mol. The molecule has 0 radical (unpaired) electrons. The topological polar surface area (TPSA) is 12.0 Å².